The summed E-state index contributed by atoms with van der Waals surface area (Å²) in [5.41, 5.74) is 2.15. The first-order valence-electron chi connectivity index (χ1n) is 11.4. The van der Waals surface area contributed by atoms with Crippen molar-refractivity contribution < 1.29 is 14.3 Å². The van der Waals surface area contributed by atoms with Crippen LogP contribution >= 0.6 is 35.1 Å². The lowest BCUT2D eigenvalue weighted by molar-refractivity contribution is -0.113. The fourth-order valence-corrected chi connectivity index (χ4v) is 5.04. The summed E-state index contributed by atoms with van der Waals surface area (Å²) >= 11 is 9.01. The Bertz CT molecular complexity index is 1190. The second-order valence-corrected chi connectivity index (χ2v) is 10.3. The van der Waals surface area contributed by atoms with Crippen molar-refractivity contribution >= 4 is 52.6 Å². The number of carbonyl (C=O) groups excluding carboxylic acids is 2. The van der Waals surface area contributed by atoms with Crippen LogP contribution in [0.2, 0.25) is 5.02 Å². The molecular weight excluding hydrogens is 518 g/mol. The van der Waals surface area contributed by atoms with Gasteiger partial charge in [0.1, 0.15) is 5.75 Å². The lowest BCUT2D eigenvalue weighted by Crippen LogP contribution is -2.31. The van der Waals surface area contributed by atoms with Crippen molar-refractivity contribution in [2.45, 2.75) is 38.0 Å². The minimum Gasteiger partial charge on any atom is -0.497 e. The van der Waals surface area contributed by atoms with Gasteiger partial charge >= 0.3 is 0 Å². The highest BCUT2D eigenvalue weighted by Gasteiger charge is 2.23. The zero-order chi connectivity index (χ0) is 26.1. The molecule has 36 heavy (non-hydrogen) atoms. The molecule has 3 rings (SSSR count). The van der Waals surface area contributed by atoms with Crippen LogP contribution in [0, 0.1) is 6.92 Å². The first kappa shape index (κ1) is 27.9. The molecule has 0 saturated carbocycles. The number of rotatable bonds is 12. The molecule has 2 aromatic carbocycles. The van der Waals surface area contributed by atoms with E-state index < -0.39 is 0 Å². The average Bonchev–Trinajstić information content (AvgIpc) is 3.29. The zero-order valence-electron chi connectivity index (χ0n) is 20.7. The van der Waals surface area contributed by atoms with Gasteiger partial charge in [-0.3, -0.25) is 9.59 Å². The van der Waals surface area contributed by atoms with E-state index in [2.05, 4.69) is 20.8 Å². The van der Waals surface area contributed by atoms with Gasteiger partial charge in [-0.25, -0.2) is 0 Å². The smallest absolute Gasteiger partial charge is 0.251 e. The molecule has 0 saturated heterocycles. The lowest BCUT2D eigenvalue weighted by Gasteiger charge is -2.19. The Labute approximate surface area is 224 Å². The predicted octanol–water partition coefficient (Wildman–Crippen LogP) is 5.22. The van der Waals surface area contributed by atoms with Crippen LogP contribution in [0.15, 0.2) is 47.6 Å². The molecule has 192 valence electrons. The molecular formula is C25H30ClN5O3S2. The molecule has 3 aromatic rings. The fraction of sp³-hybridized carbons (Fsp3) is 0.360. The monoisotopic (exact) mass is 547 g/mol. The average molecular weight is 548 g/mol. The van der Waals surface area contributed by atoms with E-state index in [1.165, 1.54) is 11.8 Å². The summed E-state index contributed by atoms with van der Waals surface area (Å²) in [6, 6.07) is 12.0. The van der Waals surface area contributed by atoms with Gasteiger partial charge in [0.25, 0.3) is 5.91 Å². The minimum atomic E-state index is -0.320. The number of hydrogen-bond acceptors (Lipinski definition) is 7. The van der Waals surface area contributed by atoms with Gasteiger partial charge in [0, 0.05) is 22.8 Å². The van der Waals surface area contributed by atoms with Gasteiger partial charge < -0.3 is 19.9 Å². The number of aryl methyl sites for hydroxylation is 1. The Kier molecular flexibility index (Phi) is 10.5. The van der Waals surface area contributed by atoms with Crippen LogP contribution in [0.25, 0.3) is 0 Å². The molecule has 0 spiro atoms. The number of ether oxygens (including phenoxy) is 1. The van der Waals surface area contributed by atoms with E-state index in [4.69, 9.17) is 16.3 Å². The number of aromatic nitrogens is 3. The summed E-state index contributed by atoms with van der Waals surface area (Å²) < 4.78 is 7.13. The van der Waals surface area contributed by atoms with Crippen molar-refractivity contribution in [1.29, 1.82) is 0 Å². The quantitative estimate of drug-likeness (QED) is 0.300. The number of amides is 2. The molecule has 0 aliphatic heterocycles. The molecule has 11 heteroatoms. The van der Waals surface area contributed by atoms with E-state index in [0.29, 0.717) is 40.3 Å². The fourth-order valence-electron chi connectivity index (χ4n) is 3.53. The molecule has 1 heterocycles. The van der Waals surface area contributed by atoms with Gasteiger partial charge in [0.15, 0.2) is 11.0 Å². The SMILES string of the molecule is CCn1c(SCC(=O)Nc2ccc(Cl)cc2C)nnc1C(CCSC)NC(=O)c1ccc(OC)cc1. The van der Waals surface area contributed by atoms with Crippen LogP contribution in [0.3, 0.4) is 0 Å². The molecule has 1 aromatic heterocycles. The molecule has 0 fully saturated rings. The van der Waals surface area contributed by atoms with Gasteiger partial charge in [-0.05, 0) is 80.3 Å². The number of nitrogens with zero attached hydrogens (tertiary/aromatic N) is 3. The largest absolute Gasteiger partial charge is 0.497 e. The Hall–Kier alpha value is -2.69. The van der Waals surface area contributed by atoms with E-state index in [0.717, 1.165) is 17.0 Å². The normalized spacial score (nSPS) is 11.7. The third kappa shape index (κ3) is 7.41. The van der Waals surface area contributed by atoms with Crippen LogP contribution in [-0.4, -0.2) is 51.5 Å². The number of carbonyl (C=O) groups is 2. The highest BCUT2D eigenvalue weighted by molar-refractivity contribution is 7.99. The number of methoxy groups -OCH3 is 1. The number of benzene rings is 2. The maximum atomic E-state index is 13.0. The zero-order valence-corrected chi connectivity index (χ0v) is 23.1. The first-order chi connectivity index (χ1) is 17.4. The van der Waals surface area contributed by atoms with Gasteiger partial charge in [-0.2, -0.15) is 11.8 Å². The Morgan fingerprint density at radius 2 is 1.92 bits per heavy atom. The van der Waals surface area contributed by atoms with Gasteiger partial charge in [-0.1, -0.05) is 23.4 Å². The number of halogens is 1. The molecule has 1 atom stereocenters. The van der Waals surface area contributed by atoms with Gasteiger partial charge in [0.05, 0.1) is 18.9 Å². The number of hydrogen-bond donors (Lipinski definition) is 2. The molecule has 0 radical (unpaired) electrons. The number of thioether (sulfide) groups is 2. The van der Waals surface area contributed by atoms with Crippen molar-refractivity contribution in [2.75, 3.05) is 30.2 Å². The molecule has 0 aliphatic carbocycles. The van der Waals surface area contributed by atoms with Gasteiger partial charge in [-0.15, -0.1) is 10.2 Å². The van der Waals surface area contributed by atoms with E-state index >= 15 is 0 Å². The van der Waals surface area contributed by atoms with Gasteiger partial charge in [0.2, 0.25) is 5.91 Å². The number of nitrogens with one attached hydrogen (secondary N) is 2. The summed E-state index contributed by atoms with van der Waals surface area (Å²) in [5.74, 6) is 2.03. The number of anilines is 1. The van der Waals surface area contributed by atoms with E-state index in [1.54, 1.807) is 61.3 Å². The second kappa shape index (κ2) is 13.6. The molecule has 1 unspecified atom stereocenters. The Morgan fingerprint density at radius 3 is 2.56 bits per heavy atom. The highest BCUT2D eigenvalue weighted by Crippen LogP contribution is 2.25. The van der Waals surface area contributed by atoms with E-state index in [1.807, 2.05) is 24.7 Å². The summed E-state index contributed by atoms with van der Waals surface area (Å²) in [4.78, 5) is 25.5. The first-order valence-corrected chi connectivity index (χ1v) is 14.2. The molecule has 2 N–H and O–H groups in total. The third-order valence-electron chi connectivity index (χ3n) is 5.44. The highest BCUT2D eigenvalue weighted by atomic mass is 35.5. The van der Waals surface area contributed by atoms with Crippen LogP contribution in [-0.2, 0) is 11.3 Å². The summed E-state index contributed by atoms with van der Waals surface area (Å²) in [6.45, 7) is 4.49. The maximum Gasteiger partial charge on any atom is 0.251 e. The summed E-state index contributed by atoms with van der Waals surface area (Å²) in [7, 11) is 1.59. The van der Waals surface area contributed by atoms with Crippen LogP contribution < -0.4 is 15.4 Å². The Morgan fingerprint density at radius 1 is 1.17 bits per heavy atom. The van der Waals surface area contributed by atoms with Crippen molar-refractivity contribution in [1.82, 2.24) is 20.1 Å². The molecule has 0 aliphatic rings. The van der Waals surface area contributed by atoms with Crippen LogP contribution in [0.4, 0.5) is 5.69 Å². The Balaban J connectivity index is 1.71. The maximum absolute atomic E-state index is 13.0. The van der Waals surface area contributed by atoms with Crippen LogP contribution in [0.5, 0.6) is 5.75 Å². The van der Waals surface area contributed by atoms with Crippen molar-refractivity contribution in [2.24, 2.45) is 0 Å². The second-order valence-electron chi connectivity index (χ2n) is 7.92. The molecule has 8 nitrogen and oxygen atoms in total. The van der Waals surface area contributed by atoms with Crippen LogP contribution in [0.1, 0.15) is 41.1 Å². The minimum absolute atomic E-state index is 0.149. The predicted molar refractivity (Wildman–Crippen MR) is 147 cm³/mol. The standard InChI is InChI=1S/C25H30ClN5O3S2/c1-5-31-23(21(12-13-35-4)28-24(33)17-6-9-19(34-3)10-7-17)29-30-25(31)36-15-22(32)27-20-11-8-18(26)14-16(20)2/h6-11,14,21H,5,12-13,15H2,1-4H3,(H,27,32)(H,28,33). The van der Waals surface area contributed by atoms with Crippen molar-refractivity contribution in [3.63, 3.8) is 0 Å². The van der Waals surface area contributed by atoms with E-state index in [-0.39, 0.29) is 23.6 Å². The lowest BCUT2D eigenvalue weighted by atomic mass is 10.1. The van der Waals surface area contributed by atoms with Crippen molar-refractivity contribution in [3.8, 4) is 5.75 Å². The molecule has 2 amide bonds. The van der Waals surface area contributed by atoms with E-state index in [9.17, 15) is 9.59 Å². The topological polar surface area (TPSA) is 98.1 Å². The van der Waals surface area contributed by atoms with Crippen molar-refractivity contribution in [3.05, 3.63) is 64.4 Å². The summed E-state index contributed by atoms with van der Waals surface area (Å²) in [6.07, 6.45) is 2.72. The third-order valence-corrected chi connectivity index (χ3v) is 7.28. The summed E-state index contributed by atoms with van der Waals surface area (Å²) in [5, 5.41) is 16.0. The molecule has 0 bridgehead atoms.